The fraction of sp³-hybridized carbons (Fsp3) is 0.476. The molecule has 1 fully saturated rings. The first kappa shape index (κ1) is 24.0. The maximum Gasteiger partial charge on any atom is 0.416 e. The lowest BCUT2D eigenvalue weighted by molar-refractivity contribution is -0.155. The maximum absolute atomic E-state index is 13.8. The van der Waals surface area contributed by atoms with E-state index >= 15 is 0 Å². The Morgan fingerprint density at radius 3 is 2.53 bits per heavy atom. The Kier molecular flexibility index (Phi) is 6.08. The summed E-state index contributed by atoms with van der Waals surface area (Å²) >= 11 is 0. The number of hydrogen-bond acceptors (Lipinski definition) is 5. The monoisotopic (exact) mass is 488 g/mol. The molecule has 1 unspecified atom stereocenters. The lowest BCUT2D eigenvalue weighted by atomic mass is 9.95. The van der Waals surface area contributed by atoms with Crippen molar-refractivity contribution in [3.05, 3.63) is 35.5 Å². The van der Waals surface area contributed by atoms with Gasteiger partial charge in [-0.1, -0.05) is 13.8 Å². The molecule has 0 aliphatic carbocycles. The Labute approximate surface area is 190 Å². The SMILES string of the molecule is CC(C)C1CNCCN1c1cc(C(F)(F)F)cc(-c2ccnc3c2[C@@H](C(F)(F)F)NC(=O)N3)n1. The predicted molar refractivity (Wildman–Crippen MR) is 112 cm³/mol. The Morgan fingerprint density at radius 1 is 1.15 bits per heavy atom. The molecule has 3 N–H and O–H groups in total. The van der Waals surface area contributed by atoms with Gasteiger partial charge in [0.1, 0.15) is 11.6 Å². The molecule has 2 aliphatic rings. The molecular formula is C21H22F6N6O. The Morgan fingerprint density at radius 2 is 1.88 bits per heavy atom. The molecule has 13 heteroatoms. The van der Waals surface area contributed by atoms with Gasteiger partial charge in [0.2, 0.25) is 0 Å². The summed E-state index contributed by atoms with van der Waals surface area (Å²) in [4.78, 5) is 21.7. The van der Waals surface area contributed by atoms with Crippen LogP contribution in [0.4, 0.5) is 42.8 Å². The van der Waals surface area contributed by atoms with Crippen LogP contribution in [-0.4, -0.2) is 47.9 Å². The van der Waals surface area contributed by atoms with Gasteiger partial charge in [-0.05, 0) is 24.1 Å². The molecule has 2 atom stereocenters. The summed E-state index contributed by atoms with van der Waals surface area (Å²) in [5.41, 5.74) is -2.02. The molecule has 7 nitrogen and oxygen atoms in total. The van der Waals surface area contributed by atoms with E-state index in [-0.39, 0.29) is 34.9 Å². The molecule has 2 aliphatic heterocycles. The van der Waals surface area contributed by atoms with Crippen LogP contribution in [0.1, 0.15) is 31.0 Å². The highest BCUT2D eigenvalue weighted by Gasteiger charge is 2.47. The van der Waals surface area contributed by atoms with Gasteiger partial charge in [-0.2, -0.15) is 26.3 Å². The lowest BCUT2D eigenvalue weighted by Crippen LogP contribution is -2.54. The van der Waals surface area contributed by atoms with Gasteiger partial charge >= 0.3 is 18.4 Å². The highest BCUT2D eigenvalue weighted by molar-refractivity contribution is 5.94. The van der Waals surface area contributed by atoms with Gasteiger partial charge in [0, 0.05) is 43.0 Å². The largest absolute Gasteiger partial charge is 0.416 e. The number of carbonyl (C=O) groups is 1. The zero-order chi connectivity index (χ0) is 24.8. The summed E-state index contributed by atoms with van der Waals surface area (Å²) in [6, 6.07) is -0.928. The number of fused-ring (bicyclic) bond motifs is 1. The van der Waals surface area contributed by atoms with Crippen molar-refractivity contribution in [1.82, 2.24) is 20.6 Å². The third-order valence-corrected chi connectivity index (χ3v) is 5.88. The second kappa shape index (κ2) is 8.60. The number of piperazine rings is 1. The molecule has 2 aromatic rings. The van der Waals surface area contributed by atoms with Crippen LogP contribution in [0.25, 0.3) is 11.3 Å². The average molecular weight is 488 g/mol. The fourth-order valence-electron chi connectivity index (χ4n) is 4.25. The van der Waals surface area contributed by atoms with E-state index in [1.165, 1.54) is 6.07 Å². The zero-order valence-corrected chi connectivity index (χ0v) is 18.2. The molecule has 0 aromatic carbocycles. The third kappa shape index (κ3) is 4.61. The molecule has 2 aromatic heterocycles. The molecule has 0 radical (unpaired) electrons. The minimum atomic E-state index is -4.91. The number of nitrogens with zero attached hydrogens (tertiary/aromatic N) is 3. The molecule has 0 saturated carbocycles. The number of pyridine rings is 2. The molecule has 184 valence electrons. The van der Waals surface area contributed by atoms with Gasteiger partial charge in [-0.3, -0.25) is 5.32 Å². The van der Waals surface area contributed by atoms with Crippen LogP contribution in [0.3, 0.4) is 0 Å². The minimum absolute atomic E-state index is 0.0203. The molecule has 34 heavy (non-hydrogen) atoms. The number of anilines is 2. The van der Waals surface area contributed by atoms with E-state index in [1.807, 2.05) is 13.8 Å². The number of rotatable bonds is 3. The van der Waals surface area contributed by atoms with Crippen molar-refractivity contribution in [2.24, 2.45) is 5.92 Å². The molecule has 4 heterocycles. The number of nitrogens with one attached hydrogen (secondary N) is 3. The molecule has 0 bridgehead atoms. The van der Waals surface area contributed by atoms with E-state index in [0.717, 1.165) is 18.3 Å². The van der Waals surface area contributed by atoms with Gasteiger partial charge in [-0.15, -0.1) is 0 Å². The Bertz CT molecular complexity index is 1090. The molecule has 2 amide bonds. The zero-order valence-electron chi connectivity index (χ0n) is 18.2. The highest BCUT2D eigenvalue weighted by atomic mass is 19.4. The van der Waals surface area contributed by atoms with Gasteiger partial charge in [0.25, 0.3) is 0 Å². The Balaban J connectivity index is 1.92. The van der Waals surface area contributed by atoms with Crippen molar-refractivity contribution in [2.45, 2.75) is 38.3 Å². The van der Waals surface area contributed by atoms with Crippen molar-refractivity contribution in [3.8, 4) is 11.3 Å². The lowest BCUT2D eigenvalue weighted by Gasteiger charge is -2.40. The first-order valence-electron chi connectivity index (χ1n) is 10.6. The van der Waals surface area contributed by atoms with Crippen LogP contribution < -0.4 is 20.9 Å². The number of carbonyl (C=O) groups excluding carboxylic acids is 1. The highest BCUT2D eigenvalue weighted by Crippen LogP contribution is 2.44. The van der Waals surface area contributed by atoms with E-state index in [0.29, 0.717) is 19.6 Å². The average Bonchev–Trinajstić information content (AvgIpc) is 2.76. The topological polar surface area (TPSA) is 82.2 Å². The normalized spacial score (nSPS) is 21.2. The first-order valence-corrected chi connectivity index (χ1v) is 10.6. The second-order valence-corrected chi connectivity index (χ2v) is 8.50. The summed E-state index contributed by atoms with van der Waals surface area (Å²) in [5, 5.41) is 7.17. The summed E-state index contributed by atoms with van der Waals surface area (Å²) in [5.74, 6) is -0.284. The van der Waals surface area contributed by atoms with Crippen LogP contribution in [0.15, 0.2) is 24.4 Å². The number of aromatic nitrogens is 2. The number of urea groups is 1. The van der Waals surface area contributed by atoms with E-state index in [2.05, 4.69) is 20.6 Å². The van der Waals surface area contributed by atoms with Gasteiger partial charge in [0.15, 0.2) is 6.04 Å². The number of halogens is 6. The third-order valence-electron chi connectivity index (χ3n) is 5.88. The van der Waals surface area contributed by atoms with Gasteiger partial charge in [0.05, 0.1) is 11.3 Å². The van der Waals surface area contributed by atoms with Crippen molar-refractivity contribution in [3.63, 3.8) is 0 Å². The number of alkyl halides is 6. The van der Waals surface area contributed by atoms with E-state index in [1.54, 1.807) is 10.2 Å². The minimum Gasteiger partial charge on any atom is -0.351 e. The van der Waals surface area contributed by atoms with Crippen LogP contribution in [-0.2, 0) is 6.18 Å². The molecule has 0 spiro atoms. The quantitative estimate of drug-likeness (QED) is 0.561. The van der Waals surface area contributed by atoms with E-state index in [4.69, 9.17) is 0 Å². The van der Waals surface area contributed by atoms with Crippen molar-refractivity contribution in [2.75, 3.05) is 29.9 Å². The smallest absolute Gasteiger partial charge is 0.351 e. The van der Waals surface area contributed by atoms with Crippen LogP contribution in [0.5, 0.6) is 0 Å². The van der Waals surface area contributed by atoms with E-state index in [9.17, 15) is 31.1 Å². The van der Waals surface area contributed by atoms with Gasteiger partial charge in [-0.25, -0.2) is 14.8 Å². The van der Waals surface area contributed by atoms with E-state index < -0.39 is 35.6 Å². The summed E-state index contributed by atoms with van der Waals surface area (Å²) in [7, 11) is 0. The summed E-state index contributed by atoms with van der Waals surface area (Å²) in [6.45, 7) is 5.30. The summed E-state index contributed by atoms with van der Waals surface area (Å²) in [6.07, 6.45) is -8.54. The molecule has 4 rings (SSSR count). The van der Waals surface area contributed by atoms with Gasteiger partial charge < -0.3 is 15.5 Å². The van der Waals surface area contributed by atoms with Crippen LogP contribution >= 0.6 is 0 Å². The Hall–Kier alpha value is -3.09. The van der Waals surface area contributed by atoms with Crippen LogP contribution in [0, 0.1) is 5.92 Å². The molecule has 1 saturated heterocycles. The second-order valence-electron chi connectivity index (χ2n) is 8.50. The van der Waals surface area contributed by atoms with Crippen molar-refractivity contribution in [1.29, 1.82) is 0 Å². The number of amides is 2. The predicted octanol–water partition coefficient (Wildman–Crippen LogP) is 4.34. The van der Waals surface area contributed by atoms with Crippen LogP contribution in [0.2, 0.25) is 0 Å². The fourth-order valence-corrected chi connectivity index (χ4v) is 4.25. The first-order chi connectivity index (χ1) is 15.9. The molecular weight excluding hydrogens is 466 g/mol. The standard InChI is InChI=1S/C21H22F6N6O/c1-10(2)14-9-28-5-6-33(14)15-8-11(20(22,23)24)7-13(30-15)12-3-4-29-18-16(12)17(21(25,26)27)31-19(34)32-18/h3-4,7-8,10,14,17,28H,5-6,9H2,1-2H3,(H2,29,31,32,34)/t14?,17-/m0/s1. The summed E-state index contributed by atoms with van der Waals surface area (Å²) < 4.78 is 82.8. The maximum atomic E-state index is 13.8. The van der Waals surface area contributed by atoms with Crippen molar-refractivity contribution >= 4 is 17.7 Å². The van der Waals surface area contributed by atoms with Crippen molar-refractivity contribution < 1.29 is 31.1 Å². The number of hydrogen-bond donors (Lipinski definition) is 3.